The average molecular weight is 241 g/mol. The molecule has 0 aliphatic rings. The quantitative estimate of drug-likeness (QED) is 0.707. The molecule has 0 bridgehead atoms. The molecule has 1 aromatic carbocycles. The second-order valence-corrected chi connectivity index (χ2v) is 4.12. The number of aliphatic hydroxyl groups is 1. The van der Waals surface area contributed by atoms with Gasteiger partial charge in [0, 0.05) is 0 Å². The van der Waals surface area contributed by atoms with E-state index in [1.807, 2.05) is 6.07 Å². The predicted octanol–water partition coefficient (Wildman–Crippen LogP) is -0.252. The normalized spacial score (nSPS) is 9.80. The molecular weight excluding hydrogens is 231 g/mol. The van der Waals surface area contributed by atoms with E-state index in [-0.39, 0.29) is 6.61 Å². The average Bonchev–Trinajstić information content (AvgIpc) is 1.88. The van der Waals surface area contributed by atoms with Crippen LogP contribution in [0.25, 0.3) is 0 Å². The SMILES string of the molecule is OCCc1ccc[c]([SnH])c1. The van der Waals surface area contributed by atoms with Gasteiger partial charge in [0.15, 0.2) is 0 Å². The summed E-state index contributed by atoms with van der Waals surface area (Å²) in [6, 6.07) is 8.36. The zero-order valence-electron chi connectivity index (χ0n) is 5.75. The van der Waals surface area contributed by atoms with Crippen molar-refractivity contribution in [1.82, 2.24) is 0 Å². The summed E-state index contributed by atoms with van der Waals surface area (Å²) < 4.78 is 1.39. The van der Waals surface area contributed by atoms with Gasteiger partial charge >= 0.3 is 74.1 Å². The Kier molecular flexibility index (Phi) is 3.22. The molecule has 0 aliphatic carbocycles. The van der Waals surface area contributed by atoms with Crippen molar-refractivity contribution in [2.75, 3.05) is 6.61 Å². The first-order chi connectivity index (χ1) is 4.83. The zero-order chi connectivity index (χ0) is 7.40. The maximum atomic E-state index is 8.62. The van der Waals surface area contributed by atoms with E-state index >= 15 is 0 Å². The van der Waals surface area contributed by atoms with E-state index in [0.29, 0.717) is 0 Å². The summed E-state index contributed by atoms with van der Waals surface area (Å²) in [6.07, 6.45) is 0.786. The van der Waals surface area contributed by atoms with Gasteiger partial charge in [0.2, 0.25) is 0 Å². The van der Waals surface area contributed by atoms with E-state index in [1.54, 1.807) is 0 Å². The Morgan fingerprint density at radius 1 is 1.40 bits per heavy atom. The van der Waals surface area contributed by atoms with Crippen LogP contribution in [0, 0.1) is 0 Å². The van der Waals surface area contributed by atoms with Crippen molar-refractivity contribution in [2.45, 2.75) is 6.42 Å². The van der Waals surface area contributed by atoms with Crippen molar-refractivity contribution in [3.63, 3.8) is 0 Å². The van der Waals surface area contributed by atoms with Crippen LogP contribution in [0.15, 0.2) is 24.3 Å². The molecule has 10 heavy (non-hydrogen) atoms. The molecule has 0 saturated heterocycles. The van der Waals surface area contributed by atoms with E-state index < -0.39 is 0 Å². The zero-order valence-corrected chi connectivity index (χ0v) is 9.04. The Labute approximate surface area is 74.2 Å². The number of aliphatic hydroxyl groups excluding tert-OH is 1. The summed E-state index contributed by atoms with van der Waals surface area (Å²) in [7, 11) is 0. The molecule has 0 spiro atoms. The Morgan fingerprint density at radius 3 is 2.80 bits per heavy atom. The minimum absolute atomic E-state index is 0.254. The molecule has 1 aromatic rings. The Balaban J connectivity index is 2.75. The molecular formula is C8H10OSn. The van der Waals surface area contributed by atoms with Crippen molar-refractivity contribution < 1.29 is 5.11 Å². The van der Waals surface area contributed by atoms with Gasteiger partial charge in [0.25, 0.3) is 0 Å². The van der Waals surface area contributed by atoms with Gasteiger partial charge in [0.1, 0.15) is 0 Å². The first kappa shape index (κ1) is 8.08. The van der Waals surface area contributed by atoms with Crippen molar-refractivity contribution in [2.24, 2.45) is 0 Å². The van der Waals surface area contributed by atoms with Gasteiger partial charge in [-0.1, -0.05) is 0 Å². The van der Waals surface area contributed by atoms with Crippen LogP contribution in [-0.2, 0) is 6.42 Å². The standard InChI is InChI=1S/C8H9O.Sn.H/c9-7-6-8-4-2-1-3-5-8;;/h1-2,4-5,9H,6-7H2;;. The molecule has 0 heterocycles. The van der Waals surface area contributed by atoms with Crippen LogP contribution in [0.4, 0.5) is 0 Å². The molecule has 1 nitrogen and oxygen atoms in total. The van der Waals surface area contributed by atoms with Crippen LogP contribution in [0.3, 0.4) is 0 Å². The number of hydrogen-bond donors (Lipinski definition) is 1. The minimum atomic E-state index is 0.254. The van der Waals surface area contributed by atoms with Gasteiger partial charge in [-0.15, -0.1) is 0 Å². The monoisotopic (exact) mass is 242 g/mol. The number of benzene rings is 1. The van der Waals surface area contributed by atoms with Gasteiger partial charge in [-0.05, 0) is 0 Å². The molecule has 0 saturated carbocycles. The molecule has 0 amide bonds. The third-order valence-electron chi connectivity index (χ3n) is 1.35. The fourth-order valence-electron chi connectivity index (χ4n) is 0.878. The summed E-state index contributed by atoms with van der Waals surface area (Å²) in [6.45, 7) is 0.254. The van der Waals surface area contributed by atoms with Gasteiger partial charge in [-0.3, -0.25) is 0 Å². The summed E-state index contributed by atoms with van der Waals surface area (Å²) in [4.78, 5) is 0. The predicted molar refractivity (Wildman–Crippen MR) is 44.0 cm³/mol. The molecule has 0 aliphatic heterocycles. The molecule has 2 radical (unpaired) electrons. The van der Waals surface area contributed by atoms with E-state index in [1.165, 1.54) is 9.14 Å². The Morgan fingerprint density at radius 2 is 2.20 bits per heavy atom. The summed E-state index contributed by atoms with van der Waals surface area (Å²) in [5.74, 6) is 0. The van der Waals surface area contributed by atoms with Crippen LogP contribution in [0.2, 0.25) is 0 Å². The molecule has 52 valence electrons. The summed E-state index contributed by atoms with van der Waals surface area (Å²) in [5.41, 5.74) is 1.24. The third-order valence-corrected chi connectivity index (χ3v) is 2.38. The van der Waals surface area contributed by atoms with Gasteiger partial charge in [-0.2, -0.15) is 0 Å². The fraction of sp³-hybridized carbons (Fsp3) is 0.250. The van der Waals surface area contributed by atoms with Crippen LogP contribution in [0.1, 0.15) is 5.56 Å². The van der Waals surface area contributed by atoms with Crippen LogP contribution in [-0.4, -0.2) is 34.2 Å². The van der Waals surface area contributed by atoms with E-state index in [9.17, 15) is 0 Å². The van der Waals surface area contributed by atoms with Gasteiger partial charge < -0.3 is 0 Å². The molecule has 0 fully saturated rings. The third kappa shape index (κ3) is 2.31. The first-order valence-electron chi connectivity index (χ1n) is 3.28. The van der Waals surface area contributed by atoms with Crippen molar-refractivity contribution in [3.8, 4) is 0 Å². The second-order valence-electron chi connectivity index (χ2n) is 2.22. The van der Waals surface area contributed by atoms with Crippen LogP contribution < -0.4 is 3.58 Å². The van der Waals surface area contributed by atoms with Crippen molar-refractivity contribution in [1.29, 1.82) is 0 Å². The maximum absolute atomic E-state index is 8.62. The molecule has 2 heteroatoms. The molecule has 0 unspecified atom stereocenters. The fourth-order valence-corrected chi connectivity index (χ4v) is 1.81. The van der Waals surface area contributed by atoms with Gasteiger partial charge in [-0.25, -0.2) is 0 Å². The second kappa shape index (κ2) is 3.98. The van der Waals surface area contributed by atoms with Crippen LogP contribution in [0.5, 0.6) is 0 Å². The van der Waals surface area contributed by atoms with Crippen molar-refractivity contribution in [3.05, 3.63) is 29.8 Å². The van der Waals surface area contributed by atoms with E-state index in [4.69, 9.17) is 5.11 Å². The summed E-state index contributed by atoms with van der Waals surface area (Å²) >= 11 is 1.16. The molecule has 1 N–H and O–H groups in total. The van der Waals surface area contributed by atoms with Gasteiger partial charge in [0.05, 0.1) is 0 Å². The van der Waals surface area contributed by atoms with Crippen molar-refractivity contribution >= 4 is 26.1 Å². The number of rotatable bonds is 2. The molecule has 0 aromatic heterocycles. The van der Waals surface area contributed by atoms with Crippen LogP contribution >= 0.6 is 0 Å². The first-order valence-corrected chi connectivity index (χ1v) is 4.93. The Bertz CT molecular complexity index is 210. The molecule has 1 rings (SSSR count). The molecule has 0 atom stereocenters. The van der Waals surface area contributed by atoms with E-state index in [2.05, 4.69) is 18.2 Å². The summed E-state index contributed by atoms with van der Waals surface area (Å²) in [5, 5.41) is 8.62. The Hall–Kier alpha value is -0.0213. The number of hydrogen-bond acceptors (Lipinski definition) is 1. The van der Waals surface area contributed by atoms with E-state index in [0.717, 1.165) is 28.9 Å². The topological polar surface area (TPSA) is 20.2 Å².